The SMILES string of the molecule is OCc1ccc(Oc2ccc3cccnc3c2)cc1. The molecule has 0 fully saturated rings. The third-order valence-electron chi connectivity index (χ3n) is 2.92. The van der Waals surface area contributed by atoms with E-state index >= 15 is 0 Å². The minimum Gasteiger partial charge on any atom is -0.457 e. The van der Waals surface area contributed by atoms with Gasteiger partial charge in [0.2, 0.25) is 0 Å². The number of aliphatic hydroxyl groups is 1. The van der Waals surface area contributed by atoms with Gasteiger partial charge in [-0.05, 0) is 35.9 Å². The van der Waals surface area contributed by atoms with E-state index in [1.165, 1.54) is 0 Å². The van der Waals surface area contributed by atoms with Gasteiger partial charge in [0.15, 0.2) is 0 Å². The van der Waals surface area contributed by atoms with Crippen LogP contribution in [0.15, 0.2) is 60.8 Å². The van der Waals surface area contributed by atoms with E-state index in [2.05, 4.69) is 4.98 Å². The van der Waals surface area contributed by atoms with Crippen molar-refractivity contribution in [3.8, 4) is 11.5 Å². The van der Waals surface area contributed by atoms with Crippen LogP contribution in [0.3, 0.4) is 0 Å². The average Bonchev–Trinajstić information content (AvgIpc) is 2.48. The predicted molar refractivity (Wildman–Crippen MR) is 74.2 cm³/mol. The summed E-state index contributed by atoms with van der Waals surface area (Å²) in [5.41, 5.74) is 1.78. The fraction of sp³-hybridized carbons (Fsp3) is 0.0625. The maximum Gasteiger partial charge on any atom is 0.129 e. The van der Waals surface area contributed by atoms with Crippen LogP contribution in [-0.4, -0.2) is 10.1 Å². The van der Waals surface area contributed by atoms with Crippen LogP contribution in [0.5, 0.6) is 11.5 Å². The first kappa shape index (κ1) is 11.7. The number of nitrogens with zero attached hydrogens (tertiary/aromatic N) is 1. The number of rotatable bonds is 3. The molecule has 0 atom stereocenters. The smallest absolute Gasteiger partial charge is 0.129 e. The standard InChI is InChI=1S/C16H13NO2/c18-11-12-3-6-14(7-4-12)19-15-8-5-13-2-1-9-17-16(13)10-15/h1-10,18H,11H2. The number of pyridine rings is 1. The molecular formula is C16H13NO2. The van der Waals surface area contributed by atoms with Gasteiger partial charge in [0.1, 0.15) is 11.5 Å². The molecule has 0 aliphatic heterocycles. The van der Waals surface area contributed by atoms with Gasteiger partial charge in [-0.15, -0.1) is 0 Å². The topological polar surface area (TPSA) is 42.4 Å². The lowest BCUT2D eigenvalue weighted by atomic mass is 10.2. The average molecular weight is 251 g/mol. The van der Waals surface area contributed by atoms with Crippen molar-refractivity contribution in [1.29, 1.82) is 0 Å². The first-order valence-corrected chi connectivity index (χ1v) is 6.07. The minimum absolute atomic E-state index is 0.0418. The molecule has 0 spiro atoms. The molecule has 0 aliphatic rings. The molecule has 3 nitrogen and oxygen atoms in total. The molecule has 3 rings (SSSR count). The molecule has 0 aliphatic carbocycles. The first-order chi connectivity index (χ1) is 9.35. The largest absolute Gasteiger partial charge is 0.457 e. The monoisotopic (exact) mass is 251 g/mol. The highest BCUT2D eigenvalue weighted by atomic mass is 16.5. The van der Waals surface area contributed by atoms with E-state index in [0.717, 1.165) is 28.0 Å². The number of hydrogen-bond donors (Lipinski definition) is 1. The summed E-state index contributed by atoms with van der Waals surface area (Å²) in [5, 5.41) is 10.1. The Balaban J connectivity index is 1.87. The number of aromatic nitrogens is 1. The maximum absolute atomic E-state index is 8.99. The van der Waals surface area contributed by atoms with Crippen molar-refractivity contribution < 1.29 is 9.84 Å². The molecule has 19 heavy (non-hydrogen) atoms. The van der Waals surface area contributed by atoms with Gasteiger partial charge in [0, 0.05) is 17.6 Å². The van der Waals surface area contributed by atoms with Gasteiger partial charge in [-0.25, -0.2) is 0 Å². The number of fused-ring (bicyclic) bond motifs is 1. The number of aliphatic hydroxyl groups excluding tert-OH is 1. The summed E-state index contributed by atoms with van der Waals surface area (Å²) in [4.78, 5) is 4.30. The van der Waals surface area contributed by atoms with Gasteiger partial charge >= 0.3 is 0 Å². The fourth-order valence-electron chi connectivity index (χ4n) is 1.91. The molecule has 3 heteroatoms. The normalized spacial score (nSPS) is 10.6. The maximum atomic E-state index is 8.99. The van der Waals surface area contributed by atoms with Gasteiger partial charge in [-0.3, -0.25) is 4.98 Å². The van der Waals surface area contributed by atoms with Crippen LogP contribution in [0.25, 0.3) is 10.9 Å². The highest BCUT2D eigenvalue weighted by Gasteiger charge is 2.00. The number of hydrogen-bond acceptors (Lipinski definition) is 3. The molecule has 0 saturated carbocycles. The van der Waals surface area contributed by atoms with Crippen LogP contribution in [0.1, 0.15) is 5.56 Å². The summed E-state index contributed by atoms with van der Waals surface area (Å²) in [6.45, 7) is 0.0418. The summed E-state index contributed by atoms with van der Waals surface area (Å²) in [6.07, 6.45) is 1.77. The van der Waals surface area contributed by atoms with E-state index in [-0.39, 0.29) is 6.61 Å². The Morgan fingerprint density at radius 2 is 1.74 bits per heavy atom. The van der Waals surface area contributed by atoms with E-state index in [4.69, 9.17) is 9.84 Å². The lowest BCUT2D eigenvalue weighted by Crippen LogP contribution is -1.87. The Kier molecular flexibility index (Phi) is 3.12. The highest BCUT2D eigenvalue weighted by molar-refractivity contribution is 5.79. The van der Waals surface area contributed by atoms with E-state index in [1.54, 1.807) is 6.20 Å². The molecular weight excluding hydrogens is 238 g/mol. The van der Waals surface area contributed by atoms with Crippen molar-refractivity contribution >= 4 is 10.9 Å². The zero-order chi connectivity index (χ0) is 13.1. The van der Waals surface area contributed by atoms with E-state index in [9.17, 15) is 0 Å². The van der Waals surface area contributed by atoms with Crippen molar-refractivity contribution in [2.24, 2.45) is 0 Å². The summed E-state index contributed by atoms with van der Waals surface area (Å²) in [7, 11) is 0. The summed E-state index contributed by atoms with van der Waals surface area (Å²) in [5.74, 6) is 1.50. The van der Waals surface area contributed by atoms with E-state index < -0.39 is 0 Å². The second-order valence-corrected chi connectivity index (χ2v) is 4.26. The van der Waals surface area contributed by atoms with Gasteiger partial charge in [0.25, 0.3) is 0 Å². The third-order valence-corrected chi connectivity index (χ3v) is 2.92. The number of ether oxygens (including phenoxy) is 1. The molecule has 94 valence electrons. The van der Waals surface area contributed by atoms with Gasteiger partial charge < -0.3 is 9.84 Å². The van der Waals surface area contributed by atoms with Gasteiger partial charge in [-0.1, -0.05) is 18.2 Å². The fourth-order valence-corrected chi connectivity index (χ4v) is 1.91. The zero-order valence-electron chi connectivity index (χ0n) is 10.3. The van der Waals surface area contributed by atoms with Crippen LogP contribution in [0.2, 0.25) is 0 Å². The molecule has 0 radical (unpaired) electrons. The first-order valence-electron chi connectivity index (χ1n) is 6.07. The van der Waals surface area contributed by atoms with Crippen LogP contribution >= 0.6 is 0 Å². The predicted octanol–water partition coefficient (Wildman–Crippen LogP) is 3.52. The summed E-state index contributed by atoms with van der Waals surface area (Å²) >= 11 is 0. The molecule has 1 N–H and O–H groups in total. The molecule has 1 heterocycles. The van der Waals surface area contributed by atoms with E-state index in [1.807, 2.05) is 54.6 Å². The lowest BCUT2D eigenvalue weighted by Gasteiger charge is -2.07. The van der Waals surface area contributed by atoms with Crippen LogP contribution in [-0.2, 0) is 6.61 Å². The Labute approximate surface area is 111 Å². The Bertz CT molecular complexity index is 692. The highest BCUT2D eigenvalue weighted by Crippen LogP contribution is 2.24. The van der Waals surface area contributed by atoms with Crippen molar-refractivity contribution in [3.05, 3.63) is 66.4 Å². The van der Waals surface area contributed by atoms with Crippen LogP contribution < -0.4 is 4.74 Å². The van der Waals surface area contributed by atoms with Crippen LogP contribution in [0.4, 0.5) is 0 Å². The van der Waals surface area contributed by atoms with Crippen LogP contribution in [0, 0.1) is 0 Å². The zero-order valence-corrected chi connectivity index (χ0v) is 10.3. The summed E-state index contributed by atoms with van der Waals surface area (Å²) < 4.78 is 5.76. The molecule has 0 bridgehead atoms. The Morgan fingerprint density at radius 3 is 2.53 bits per heavy atom. The van der Waals surface area contributed by atoms with Gasteiger partial charge in [0.05, 0.1) is 12.1 Å². The molecule has 0 unspecified atom stereocenters. The van der Waals surface area contributed by atoms with Crippen molar-refractivity contribution in [2.45, 2.75) is 6.61 Å². The second-order valence-electron chi connectivity index (χ2n) is 4.26. The number of benzene rings is 2. The molecule has 0 amide bonds. The third kappa shape index (κ3) is 2.56. The van der Waals surface area contributed by atoms with Gasteiger partial charge in [-0.2, -0.15) is 0 Å². The summed E-state index contributed by atoms with van der Waals surface area (Å²) in [6, 6.07) is 17.1. The Morgan fingerprint density at radius 1 is 0.947 bits per heavy atom. The Hall–Kier alpha value is -2.39. The molecule has 1 aromatic heterocycles. The molecule has 3 aromatic rings. The molecule has 0 saturated heterocycles. The lowest BCUT2D eigenvalue weighted by molar-refractivity contribution is 0.281. The van der Waals surface area contributed by atoms with Crippen molar-refractivity contribution in [3.63, 3.8) is 0 Å². The van der Waals surface area contributed by atoms with Crippen molar-refractivity contribution in [1.82, 2.24) is 4.98 Å². The molecule has 2 aromatic carbocycles. The minimum atomic E-state index is 0.0418. The van der Waals surface area contributed by atoms with Crippen molar-refractivity contribution in [2.75, 3.05) is 0 Å². The quantitative estimate of drug-likeness (QED) is 0.774. The second kappa shape index (κ2) is 5.08. The van der Waals surface area contributed by atoms with E-state index in [0.29, 0.717) is 0 Å².